The SMILES string of the molecule is CCOC(=O)Cn1c(C)nc2c(Oc3ccc(NC(=O)/C=C/c4ccccc4)cc3)cccc21. The Hall–Kier alpha value is -4.39. The van der Waals surface area contributed by atoms with Crippen molar-refractivity contribution in [2.24, 2.45) is 0 Å². The van der Waals surface area contributed by atoms with Gasteiger partial charge in [0.25, 0.3) is 0 Å². The molecule has 1 N–H and O–H groups in total. The first-order chi connectivity index (χ1) is 16.5. The molecule has 0 saturated carbocycles. The zero-order valence-corrected chi connectivity index (χ0v) is 19.0. The van der Waals surface area contributed by atoms with E-state index in [4.69, 9.17) is 9.47 Å². The van der Waals surface area contributed by atoms with E-state index in [1.54, 1.807) is 37.3 Å². The lowest BCUT2D eigenvalue weighted by molar-refractivity contribution is -0.143. The number of nitrogens with zero attached hydrogens (tertiary/aromatic N) is 2. The molecule has 3 aromatic carbocycles. The number of hydrogen-bond donors (Lipinski definition) is 1. The molecule has 0 saturated heterocycles. The number of carbonyl (C=O) groups excluding carboxylic acids is 2. The third-order valence-corrected chi connectivity index (χ3v) is 5.10. The molecular weight excluding hydrogens is 430 g/mol. The van der Waals surface area contributed by atoms with Gasteiger partial charge in [0, 0.05) is 11.8 Å². The molecule has 0 aliphatic carbocycles. The summed E-state index contributed by atoms with van der Waals surface area (Å²) in [6.45, 7) is 4.04. The summed E-state index contributed by atoms with van der Waals surface area (Å²) in [5.74, 6) is 1.34. The third kappa shape index (κ3) is 5.50. The summed E-state index contributed by atoms with van der Waals surface area (Å²) in [6.07, 6.45) is 3.26. The number of benzene rings is 3. The summed E-state index contributed by atoms with van der Waals surface area (Å²) in [5.41, 5.74) is 3.06. The Morgan fingerprint density at radius 2 is 1.76 bits per heavy atom. The number of para-hydroxylation sites is 1. The quantitative estimate of drug-likeness (QED) is 0.286. The summed E-state index contributed by atoms with van der Waals surface area (Å²) >= 11 is 0. The van der Waals surface area contributed by atoms with Crippen molar-refractivity contribution in [1.82, 2.24) is 9.55 Å². The molecule has 4 rings (SSSR count). The van der Waals surface area contributed by atoms with Crippen LogP contribution >= 0.6 is 0 Å². The van der Waals surface area contributed by atoms with Crippen molar-refractivity contribution in [3.05, 3.63) is 90.3 Å². The average molecular weight is 456 g/mol. The first kappa shape index (κ1) is 22.8. The van der Waals surface area contributed by atoms with Gasteiger partial charge in [-0.05, 0) is 61.9 Å². The van der Waals surface area contributed by atoms with Crippen molar-refractivity contribution in [3.63, 3.8) is 0 Å². The Balaban J connectivity index is 1.45. The monoisotopic (exact) mass is 455 g/mol. The van der Waals surface area contributed by atoms with E-state index in [-0.39, 0.29) is 18.4 Å². The Morgan fingerprint density at radius 1 is 1.00 bits per heavy atom. The fourth-order valence-electron chi connectivity index (χ4n) is 3.51. The van der Waals surface area contributed by atoms with Gasteiger partial charge in [0.15, 0.2) is 5.75 Å². The molecule has 0 aliphatic heterocycles. The molecule has 1 aromatic heterocycles. The van der Waals surface area contributed by atoms with E-state index in [0.29, 0.717) is 35.1 Å². The molecule has 0 bridgehead atoms. The molecule has 4 aromatic rings. The van der Waals surface area contributed by atoms with Crippen LogP contribution in [0.3, 0.4) is 0 Å². The molecule has 0 fully saturated rings. The van der Waals surface area contributed by atoms with Crippen molar-refractivity contribution in [2.75, 3.05) is 11.9 Å². The lowest BCUT2D eigenvalue weighted by atomic mass is 10.2. The summed E-state index contributed by atoms with van der Waals surface area (Å²) < 4.78 is 12.9. The van der Waals surface area contributed by atoms with E-state index in [0.717, 1.165) is 11.1 Å². The highest BCUT2D eigenvalue weighted by Gasteiger charge is 2.15. The number of imidazole rings is 1. The number of amides is 1. The fourth-order valence-corrected chi connectivity index (χ4v) is 3.51. The number of anilines is 1. The molecule has 7 nitrogen and oxygen atoms in total. The van der Waals surface area contributed by atoms with Crippen LogP contribution in [0.1, 0.15) is 18.3 Å². The maximum absolute atomic E-state index is 12.2. The lowest BCUT2D eigenvalue weighted by Gasteiger charge is -2.09. The molecule has 0 aliphatic rings. The van der Waals surface area contributed by atoms with E-state index < -0.39 is 0 Å². The number of rotatable bonds is 8. The summed E-state index contributed by atoms with van der Waals surface area (Å²) in [5, 5.41) is 2.83. The maximum atomic E-state index is 12.2. The summed E-state index contributed by atoms with van der Waals surface area (Å²) in [6, 6.07) is 22.3. The molecule has 172 valence electrons. The first-order valence-electron chi connectivity index (χ1n) is 11.0. The standard InChI is InChI=1S/C27H25N3O4/c1-3-33-26(32)18-30-19(2)28-27-23(30)10-7-11-24(27)34-22-15-13-21(14-16-22)29-25(31)17-12-20-8-5-4-6-9-20/h4-17H,3,18H2,1-2H3,(H,29,31)/b17-12+. The molecule has 1 heterocycles. The Kier molecular flexibility index (Phi) is 7.03. The number of ether oxygens (including phenoxy) is 2. The molecule has 0 radical (unpaired) electrons. The van der Waals surface area contributed by atoms with Crippen LogP contribution in [0.15, 0.2) is 78.9 Å². The van der Waals surface area contributed by atoms with E-state index in [2.05, 4.69) is 10.3 Å². The predicted molar refractivity (Wildman–Crippen MR) is 132 cm³/mol. The zero-order valence-electron chi connectivity index (χ0n) is 19.0. The number of aryl methyl sites for hydroxylation is 1. The zero-order chi connectivity index (χ0) is 23.9. The largest absolute Gasteiger partial charge is 0.465 e. The van der Waals surface area contributed by atoms with Gasteiger partial charge >= 0.3 is 5.97 Å². The van der Waals surface area contributed by atoms with Gasteiger partial charge in [-0.25, -0.2) is 4.98 Å². The van der Waals surface area contributed by atoms with Crippen LogP contribution < -0.4 is 10.1 Å². The second-order valence-corrected chi connectivity index (χ2v) is 7.53. The normalized spacial score (nSPS) is 11.0. The highest BCUT2D eigenvalue weighted by molar-refractivity contribution is 6.01. The topological polar surface area (TPSA) is 82.5 Å². The summed E-state index contributed by atoms with van der Waals surface area (Å²) in [4.78, 5) is 28.7. The van der Waals surface area contributed by atoms with Crippen LogP contribution in [0.5, 0.6) is 11.5 Å². The molecule has 0 atom stereocenters. The lowest BCUT2D eigenvalue weighted by Crippen LogP contribution is -2.14. The Morgan fingerprint density at radius 3 is 2.50 bits per heavy atom. The fraction of sp³-hybridized carbons (Fsp3) is 0.148. The third-order valence-electron chi connectivity index (χ3n) is 5.10. The van der Waals surface area contributed by atoms with Crippen LogP contribution in [-0.4, -0.2) is 28.0 Å². The number of esters is 1. The highest BCUT2D eigenvalue weighted by atomic mass is 16.5. The second-order valence-electron chi connectivity index (χ2n) is 7.53. The summed E-state index contributed by atoms with van der Waals surface area (Å²) in [7, 11) is 0. The van der Waals surface area contributed by atoms with Crippen molar-refractivity contribution in [1.29, 1.82) is 0 Å². The number of carbonyl (C=O) groups is 2. The molecule has 0 spiro atoms. The molecule has 0 unspecified atom stereocenters. The van der Waals surface area contributed by atoms with Crippen molar-refractivity contribution >= 4 is 34.7 Å². The molecular formula is C27H25N3O4. The van der Waals surface area contributed by atoms with E-state index >= 15 is 0 Å². The van der Waals surface area contributed by atoms with Crippen molar-refractivity contribution < 1.29 is 19.1 Å². The van der Waals surface area contributed by atoms with Gasteiger partial charge in [0.1, 0.15) is 23.6 Å². The van der Waals surface area contributed by atoms with Gasteiger partial charge in [0.05, 0.1) is 12.1 Å². The molecule has 34 heavy (non-hydrogen) atoms. The van der Waals surface area contributed by atoms with Crippen LogP contribution in [0, 0.1) is 6.92 Å². The van der Waals surface area contributed by atoms with Gasteiger partial charge in [-0.3, -0.25) is 9.59 Å². The predicted octanol–water partition coefficient (Wildman–Crippen LogP) is 5.35. The van der Waals surface area contributed by atoms with Crippen molar-refractivity contribution in [3.8, 4) is 11.5 Å². The number of fused-ring (bicyclic) bond motifs is 1. The Bertz CT molecular complexity index is 1330. The van der Waals surface area contributed by atoms with Crippen molar-refractivity contribution in [2.45, 2.75) is 20.4 Å². The van der Waals surface area contributed by atoms with E-state index in [1.807, 2.05) is 60.0 Å². The average Bonchev–Trinajstić information content (AvgIpc) is 3.16. The minimum absolute atomic E-state index is 0.0900. The second kappa shape index (κ2) is 10.5. The Labute approximate surface area is 197 Å². The van der Waals surface area contributed by atoms with Crippen LogP contribution in [-0.2, 0) is 20.9 Å². The van der Waals surface area contributed by atoms with Crippen LogP contribution in [0.4, 0.5) is 5.69 Å². The first-order valence-corrected chi connectivity index (χ1v) is 11.0. The highest BCUT2D eigenvalue weighted by Crippen LogP contribution is 2.30. The number of hydrogen-bond acceptors (Lipinski definition) is 5. The number of nitrogens with one attached hydrogen (secondary N) is 1. The van der Waals surface area contributed by atoms with Gasteiger partial charge in [-0.1, -0.05) is 36.4 Å². The van der Waals surface area contributed by atoms with E-state index in [1.165, 1.54) is 6.08 Å². The van der Waals surface area contributed by atoms with Gasteiger partial charge in [0.2, 0.25) is 5.91 Å². The maximum Gasteiger partial charge on any atom is 0.326 e. The van der Waals surface area contributed by atoms with Gasteiger partial charge in [-0.15, -0.1) is 0 Å². The molecule has 7 heteroatoms. The van der Waals surface area contributed by atoms with Gasteiger partial charge in [-0.2, -0.15) is 0 Å². The van der Waals surface area contributed by atoms with E-state index in [9.17, 15) is 9.59 Å². The number of aromatic nitrogens is 2. The minimum Gasteiger partial charge on any atom is -0.465 e. The van der Waals surface area contributed by atoms with Gasteiger partial charge < -0.3 is 19.4 Å². The molecule has 1 amide bonds. The van der Waals surface area contributed by atoms with Crippen LogP contribution in [0.2, 0.25) is 0 Å². The van der Waals surface area contributed by atoms with Crippen LogP contribution in [0.25, 0.3) is 17.1 Å². The smallest absolute Gasteiger partial charge is 0.326 e. The minimum atomic E-state index is -0.313.